The first-order valence-corrected chi connectivity index (χ1v) is 9.58. The SMILES string of the molecule is CCOc1ccc(C2=C(Nc3ccc(C)cc3)C(=O)N(CC(C)C)C2=O)cc1. The number of amides is 2. The minimum Gasteiger partial charge on any atom is -0.494 e. The standard InChI is InChI=1S/C23H26N2O3/c1-5-28-19-12-8-17(9-13-19)20-21(24-18-10-6-16(4)7-11-18)23(27)25(22(20)26)14-15(2)3/h6-13,15,24H,5,14H2,1-4H3. The highest BCUT2D eigenvalue weighted by molar-refractivity contribution is 6.36. The minimum atomic E-state index is -0.289. The molecule has 2 aromatic carbocycles. The highest BCUT2D eigenvalue weighted by Gasteiger charge is 2.39. The molecule has 1 heterocycles. The Labute approximate surface area is 166 Å². The van der Waals surface area contributed by atoms with Gasteiger partial charge in [0.25, 0.3) is 11.8 Å². The second-order valence-electron chi connectivity index (χ2n) is 7.31. The van der Waals surface area contributed by atoms with Gasteiger partial charge in [-0.1, -0.05) is 43.7 Å². The third-order valence-corrected chi connectivity index (χ3v) is 4.49. The second kappa shape index (κ2) is 8.30. The van der Waals surface area contributed by atoms with Crippen molar-refractivity contribution in [1.29, 1.82) is 0 Å². The van der Waals surface area contributed by atoms with Gasteiger partial charge in [-0.15, -0.1) is 0 Å². The molecule has 5 nitrogen and oxygen atoms in total. The molecule has 2 amide bonds. The summed E-state index contributed by atoms with van der Waals surface area (Å²) in [5.74, 6) is 0.365. The van der Waals surface area contributed by atoms with E-state index in [0.717, 1.165) is 17.0 Å². The topological polar surface area (TPSA) is 58.6 Å². The van der Waals surface area contributed by atoms with E-state index < -0.39 is 0 Å². The van der Waals surface area contributed by atoms with Crippen LogP contribution in [-0.4, -0.2) is 29.9 Å². The number of nitrogens with one attached hydrogen (secondary N) is 1. The molecule has 0 atom stereocenters. The lowest BCUT2D eigenvalue weighted by molar-refractivity contribution is -0.137. The Morgan fingerprint density at radius 3 is 2.18 bits per heavy atom. The van der Waals surface area contributed by atoms with Crippen molar-refractivity contribution in [2.45, 2.75) is 27.7 Å². The zero-order valence-electron chi connectivity index (χ0n) is 16.8. The lowest BCUT2D eigenvalue weighted by atomic mass is 10.0. The number of carbonyl (C=O) groups excluding carboxylic acids is 2. The molecule has 3 rings (SSSR count). The Morgan fingerprint density at radius 1 is 0.964 bits per heavy atom. The van der Waals surface area contributed by atoms with Crippen LogP contribution in [0.5, 0.6) is 5.75 Å². The number of carbonyl (C=O) groups is 2. The number of aryl methyl sites for hydroxylation is 1. The van der Waals surface area contributed by atoms with E-state index in [4.69, 9.17) is 4.74 Å². The molecule has 0 unspecified atom stereocenters. The summed E-state index contributed by atoms with van der Waals surface area (Å²) in [6.45, 7) is 8.86. The van der Waals surface area contributed by atoms with Gasteiger partial charge in [0, 0.05) is 12.2 Å². The smallest absolute Gasteiger partial charge is 0.278 e. The van der Waals surface area contributed by atoms with Crippen molar-refractivity contribution >= 4 is 23.1 Å². The van der Waals surface area contributed by atoms with Gasteiger partial charge in [-0.05, 0) is 49.6 Å². The monoisotopic (exact) mass is 378 g/mol. The molecule has 0 bridgehead atoms. The number of nitrogens with zero attached hydrogens (tertiary/aromatic N) is 1. The van der Waals surface area contributed by atoms with Crippen molar-refractivity contribution in [2.75, 3.05) is 18.5 Å². The van der Waals surface area contributed by atoms with E-state index in [9.17, 15) is 9.59 Å². The van der Waals surface area contributed by atoms with Gasteiger partial charge >= 0.3 is 0 Å². The molecule has 1 aliphatic rings. The van der Waals surface area contributed by atoms with Crippen LogP contribution in [0.15, 0.2) is 54.2 Å². The molecule has 0 aliphatic carbocycles. The van der Waals surface area contributed by atoms with Crippen molar-refractivity contribution < 1.29 is 14.3 Å². The molecule has 28 heavy (non-hydrogen) atoms. The maximum absolute atomic E-state index is 13.1. The Morgan fingerprint density at radius 2 is 1.61 bits per heavy atom. The fourth-order valence-electron chi connectivity index (χ4n) is 3.16. The first-order chi connectivity index (χ1) is 13.4. The average molecular weight is 378 g/mol. The third-order valence-electron chi connectivity index (χ3n) is 4.49. The Kier molecular flexibility index (Phi) is 5.83. The van der Waals surface area contributed by atoms with Crippen molar-refractivity contribution in [3.05, 3.63) is 65.4 Å². The lowest BCUT2D eigenvalue weighted by Crippen LogP contribution is -2.35. The summed E-state index contributed by atoms with van der Waals surface area (Å²) in [6, 6.07) is 15.0. The van der Waals surface area contributed by atoms with E-state index in [-0.39, 0.29) is 17.7 Å². The zero-order valence-corrected chi connectivity index (χ0v) is 16.8. The van der Waals surface area contributed by atoms with Crippen LogP contribution in [-0.2, 0) is 9.59 Å². The van der Waals surface area contributed by atoms with Gasteiger partial charge in [0.15, 0.2) is 0 Å². The van der Waals surface area contributed by atoms with Crippen LogP contribution in [0.25, 0.3) is 5.57 Å². The maximum atomic E-state index is 13.1. The predicted octanol–water partition coefficient (Wildman–Crippen LogP) is 4.24. The summed E-state index contributed by atoms with van der Waals surface area (Å²) in [5, 5.41) is 3.18. The molecule has 0 fully saturated rings. The molecule has 0 saturated heterocycles. The van der Waals surface area contributed by atoms with Crippen LogP contribution in [0.1, 0.15) is 31.9 Å². The van der Waals surface area contributed by atoms with Crippen LogP contribution in [0, 0.1) is 12.8 Å². The zero-order chi connectivity index (χ0) is 20.3. The van der Waals surface area contributed by atoms with Gasteiger partial charge < -0.3 is 10.1 Å². The van der Waals surface area contributed by atoms with Crippen molar-refractivity contribution in [3.8, 4) is 5.75 Å². The highest BCUT2D eigenvalue weighted by Crippen LogP contribution is 2.32. The van der Waals surface area contributed by atoms with E-state index in [0.29, 0.717) is 30.0 Å². The van der Waals surface area contributed by atoms with Gasteiger partial charge in [0.1, 0.15) is 11.4 Å². The number of anilines is 1. The third kappa shape index (κ3) is 4.09. The quantitative estimate of drug-likeness (QED) is 0.732. The van der Waals surface area contributed by atoms with E-state index >= 15 is 0 Å². The fraction of sp³-hybridized carbons (Fsp3) is 0.304. The molecule has 0 spiro atoms. The second-order valence-corrected chi connectivity index (χ2v) is 7.31. The Balaban J connectivity index is 2.01. The minimum absolute atomic E-state index is 0.188. The van der Waals surface area contributed by atoms with Crippen LogP contribution >= 0.6 is 0 Å². The van der Waals surface area contributed by atoms with Crippen LogP contribution in [0.2, 0.25) is 0 Å². The van der Waals surface area contributed by atoms with Crippen molar-refractivity contribution in [2.24, 2.45) is 5.92 Å². The summed E-state index contributed by atoms with van der Waals surface area (Å²) in [5.41, 5.74) is 3.31. The Hall–Kier alpha value is -3.08. The number of benzene rings is 2. The largest absolute Gasteiger partial charge is 0.494 e. The van der Waals surface area contributed by atoms with Crippen LogP contribution < -0.4 is 10.1 Å². The van der Waals surface area contributed by atoms with Crippen molar-refractivity contribution in [3.63, 3.8) is 0 Å². The first-order valence-electron chi connectivity index (χ1n) is 9.58. The molecule has 146 valence electrons. The molecule has 0 saturated carbocycles. The van der Waals surface area contributed by atoms with Gasteiger partial charge in [-0.2, -0.15) is 0 Å². The molecular weight excluding hydrogens is 352 g/mol. The first kappa shape index (κ1) is 19.7. The molecular formula is C23H26N2O3. The molecule has 1 N–H and O–H groups in total. The summed E-state index contributed by atoms with van der Waals surface area (Å²) in [4.78, 5) is 27.5. The summed E-state index contributed by atoms with van der Waals surface area (Å²) >= 11 is 0. The van der Waals surface area contributed by atoms with Crippen LogP contribution in [0.4, 0.5) is 5.69 Å². The average Bonchev–Trinajstić information content (AvgIpc) is 2.89. The number of rotatable bonds is 7. The van der Waals surface area contributed by atoms with Gasteiger partial charge in [-0.25, -0.2) is 0 Å². The molecule has 0 aromatic heterocycles. The van der Waals surface area contributed by atoms with Gasteiger partial charge in [0.05, 0.1) is 12.2 Å². The number of hydrogen-bond donors (Lipinski definition) is 1. The summed E-state index contributed by atoms with van der Waals surface area (Å²) in [6.07, 6.45) is 0. The number of imide groups is 1. The number of ether oxygens (including phenoxy) is 1. The van der Waals surface area contributed by atoms with E-state index in [2.05, 4.69) is 5.32 Å². The number of hydrogen-bond acceptors (Lipinski definition) is 4. The highest BCUT2D eigenvalue weighted by atomic mass is 16.5. The summed E-state index contributed by atoms with van der Waals surface area (Å²) < 4.78 is 5.48. The Bertz CT molecular complexity index is 896. The molecule has 5 heteroatoms. The predicted molar refractivity (Wildman–Crippen MR) is 111 cm³/mol. The van der Waals surface area contributed by atoms with Gasteiger partial charge in [-0.3, -0.25) is 14.5 Å². The van der Waals surface area contributed by atoms with E-state index in [1.807, 2.05) is 76.2 Å². The normalized spacial score (nSPS) is 14.2. The summed E-state index contributed by atoms with van der Waals surface area (Å²) in [7, 11) is 0. The molecule has 2 aromatic rings. The maximum Gasteiger partial charge on any atom is 0.278 e. The molecule has 0 radical (unpaired) electrons. The van der Waals surface area contributed by atoms with Gasteiger partial charge in [0.2, 0.25) is 0 Å². The van der Waals surface area contributed by atoms with Crippen LogP contribution in [0.3, 0.4) is 0 Å². The van der Waals surface area contributed by atoms with E-state index in [1.165, 1.54) is 4.90 Å². The molecule has 1 aliphatic heterocycles. The lowest BCUT2D eigenvalue weighted by Gasteiger charge is -2.17. The fourth-order valence-corrected chi connectivity index (χ4v) is 3.16. The van der Waals surface area contributed by atoms with E-state index in [1.54, 1.807) is 0 Å². The van der Waals surface area contributed by atoms with Crippen molar-refractivity contribution in [1.82, 2.24) is 4.90 Å².